The predicted molar refractivity (Wildman–Crippen MR) is 51.1 cm³/mol. The van der Waals surface area contributed by atoms with Crippen molar-refractivity contribution in [3.05, 3.63) is 28.2 Å². The summed E-state index contributed by atoms with van der Waals surface area (Å²) < 4.78 is 41.2. The summed E-state index contributed by atoms with van der Waals surface area (Å²) in [5.41, 5.74) is -0.457. The highest BCUT2D eigenvalue weighted by molar-refractivity contribution is 9.10. The van der Waals surface area contributed by atoms with Crippen LogP contribution in [0.5, 0.6) is 5.75 Å². The van der Waals surface area contributed by atoms with E-state index in [2.05, 4.69) is 15.9 Å². The van der Waals surface area contributed by atoms with E-state index >= 15 is 0 Å². The Balaban J connectivity index is 3.19. The van der Waals surface area contributed by atoms with E-state index < -0.39 is 17.5 Å². The van der Waals surface area contributed by atoms with Gasteiger partial charge in [-0.2, -0.15) is 13.2 Å². The Hall–Kier alpha value is -1.04. The maximum absolute atomic E-state index is 12.1. The van der Waals surface area contributed by atoms with Crippen molar-refractivity contribution in [2.45, 2.75) is 6.18 Å². The van der Waals surface area contributed by atoms with Gasteiger partial charge in [0.05, 0.1) is 7.11 Å². The summed E-state index contributed by atoms with van der Waals surface area (Å²) >= 11 is 2.88. The molecule has 1 aromatic carbocycles. The summed E-state index contributed by atoms with van der Waals surface area (Å²) in [6, 6.07) is 3.83. The number of carbonyl (C=O) groups excluding carboxylic acids is 1. The first kappa shape index (κ1) is 12.0. The molecule has 1 aromatic rings. The van der Waals surface area contributed by atoms with Crippen molar-refractivity contribution in [2.75, 3.05) is 7.11 Å². The zero-order valence-electron chi connectivity index (χ0n) is 7.56. The molecule has 6 heteroatoms. The highest BCUT2D eigenvalue weighted by Crippen LogP contribution is 2.29. The molecule has 0 unspecified atom stereocenters. The number of Topliss-reactive ketones (excluding diaryl/α,β-unsaturated/α-hetero) is 1. The number of carbonyl (C=O) groups is 1. The molecule has 0 aliphatic rings. The second kappa shape index (κ2) is 4.22. The minimum absolute atomic E-state index is 0.0885. The van der Waals surface area contributed by atoms with Crippen LogP contribution >= 0.6 is 15.9 Å². The number of hydrogen-bond donors (Lipinski definition) is 0. The molecule has 0 aliphatic carbocycles. The molecule has 1 rings (SSSR count). The molecule has 82 valence electrons. The predicted octanol–water partition coefficient (Wildman–Crippen LogP) is 3.20. The molecule has 0 radical (unpaired) electrons. The average molecular weight is 283 g/mol. The molecule has 0 bridgehead atoms. The molecule has 0 amide bonds. The minimum Gasteiger partial charge on any atom is -0.497 e. The largest absolute Gasteiger partial charge is 0.497 e. The summed E-state index contributed by atoms with van der Waals surface area (Å²) in [7, 11) is 1.31. The summed E-state index contributed by atoms with van der Waals surface area (Å²) in [6.45, 7) is 0. The maximum Gasteiger partial charge on any atom is 0.454 e. The highest BCUT2D eigenvalue weighted by atomic mass is 79.9. The lowest BCUT2D eigenvalue weighted by Gasteiger charge is -2.08. The van der Waals surface area contributed by atoms with E-state index in [9.17, 15) is 18.0 Å². The van der Waals surface area contributed by atoms with Crippen LogP contribution in [0.4, 0.5) is 13.2 Å². The normalized spacial score (nSPS) is 11.3. The molecule has 0 fully saturated rings. The maximum atomic E-state index is 12.1. The van der Waals surface area contributed by atoms with E-state index in [-0.39, 0.29) is 10.2 Å². The first-order valence-corrected chi connectivity index (χ1v) is 4.60. The Morgan fingerprint density at radius 3 is 2.47 bits per heavy atom. The van der Waals surface area contributed by atoms with E-state index in [0.717, 1.165) is 6.07 Å². The van der Waals surface area contributed by atoms with Crippen LogP contribution in [-0.2, 0) is 0 Å². The van der Waals surface area contributed by atoms with Gasteiger partial charge in [0, 0.05) is 10.0 Å². The quantitative estimate of drug-likeness (QED) is 0.779. The molecule has 2 nitrogen and oxygen atoms in total. The van der Waals surface area contributed by atoms with Crippen molar-refractivity contribution in [1.29, 1.82) is 0 Å². The lowest BCUT2D eigenvalue weighted by molar-refractivity contribution is -0.0885. The third kappa shape index (κ3) is 2.71. The topological polar surface area (TPSA) is 26.3 Å². The van der Waals surface area contributed by atoms with Gasteiger partial charge in [-0.15, -0.1) is 0 Å². The molecule has 0 atom stereocenters. The number of ketones is 1. The molecule has 0 N–H and O–H groups in total. The first-order valence-electron chi connectivity index (χ1n) is 3.81. The van der Waals surface area contributed by atoms with Gasteiger partial charge in [0.2, 0.25) is 0 Å². The van der Waals surface area contributed by atoms with Gasteiger partial charge >= 0.3 is 6.18 Å². The number of methoxy groups -OCH3 is 1. The van der Waals surface area contributed by atoms with E-state index in [0.29, 0.717) is 0 Å². The molecule has 0 aliphatic heterocycles. The summed E-state index contributed by atoms with van der Waals surface area (Å²) in [4.78, 5) is 10.9. The third-order valence-electron chi connectivity index (χ3n) is 1.68. The Morgan fingerprint density at radius 2 is 2.00 bits per heavy atom. The Bertz CT molecular complexity index is 387. The summed E-state index contributed by atoms with van der Waals surface area (Å²) in [5, 5.41) is 0. The zero-order chi connectivity index (χ0) is 11.6. The lowest BCUT2D eigenvalue weighted by Crippen LogP contribution is -2.23. The van der Waals surface area contributed by atoms with Crippen molar-refractivity contribution >= 4 is 21.7 Å². The van der Waals surface area contributed by atoms with Crippen LogP contribution in [0.15, 0.2) is 22.7 Å². The number of ether oxygens (including phenoxy) is 1. The molecule has 0 heterocycles. The van der Waals surface area contributed by atoms with Crippen molar-refractivity contribution in [3.8, 4) is 5.75 Å². The molecular formula is C9H6BrF3O2. The van der Waals surface area contributed by atoms with Crippen molar-refractivity contribution in [2.24, 2.45) is 0 Å². The van der Waals surface area contributed by atoms with Gasteiger partial charge < -0.3 is 4.74 Å². The highest BCUT2D eigenvalue weighted by Gasteiger charge is 2.40. The Labute approximate surface area is 92.2 Å². The smallest absolute Gasteiger partial charge is 0.454 e. The molecule has 0 spiro atoms. The van der Waals surface area contributed by atoms with Crippen LogP contribution in [0.1, 0.15) is 10.4 Å². The van der Waals surface area contributed by atoms with E-state index in [1.165, 1.54) is 19.2 Å². The number of benzene rings is 1. The van der Waals surface area contributed by atoms with Gasteiger partial charge in [-0.05, 0) is 18.2 Å². The van der Waals surface area contributed by atoms with Crippen LogP contribution in [-0.4, -0.2) is 19.1 Å². The Morgan fingerprint density at radius 1 is 1.40 bits per heavy atom. The van der Waals surface area contributed by atoms with Crippen LogP contribution in [0.3, 0.4) is 0 Å². The van der Waals surface area contributed by atoms with Crippen LogP contribution in [0.2, 0.25) is 0 Å². The van der Waals surface area contributed by atoms with Crippen LogP contribution < -0.4 is 4.74 Å². The fraction of sp³-hybridized carbons (Fsp3) is 0.222. The average Bonchev–Trinajstić information content (AvgIpc) is 2.16. The number of alkyl halides is 3. The summed E-state index contributed by atoms with van der Waals surface area (Å²) in [5.74, 6) is -1.70. The van der Waals surface area contributed by atoms with Gasteiger partial charge in [0.25, 0.3) is 5.78 Å². The second-order valence-corrected chi connectivity index (χ2v) is 3.53. The number of halogens is 4. The number of hydrogen-bond acceptors (Lipinski definition) is 2. The van der Waals surface area contributed by atoms with Crippen molar-refractivity contribution < 1.29 is 22.7 Å². The van der Waals surface area contributed by atoms with Gasteiger partial charge in [0.1, 0.15) is 5.75 Å². The van der Waals surface area contributed by atoms with Gasteiger partial charge in [-0.1, -0.05) is 15.9 Å². The van der Waals surface area contributed by atoms with Crippen molar-refractivity contribution in [1.82, 2.24) is 0 Å². The standard InChI is InChI=1S/C9H6BrF3O2/c1-15-5-2-3-7(10)6(4-5)8(14)9(11,12)13/h2-4H,1H3. The molecule has 0 saturated carbocycles. The Kier molecular flexibility index (Phi) is 3.38. The van der Waals surface area contributed by atoms with E-state index in [1.54, 1.807) is 0 Å². The fourth-order valence-electron chi connectivity index (χ4n) is 0.958. The molecule has 0 aromatic heterocycles. The van der Waals surface area contributed by atoms with Crippen LogP contribution in [0, 0.1) is 0 Å². The van der Waals surface area contributed by atoms with E-state index in [4.69, 9.17) is 4.74 Å². The summed E-state index contributed by atoms with van der Waals surface area (Å²) in [6.07, 6.45) is -4.88. The zero-order valence-corrected chi connectivity index (χ0v) is 9.15. The van der Waals surface area contributed by atoms with E-state index in [1.807, 2.05) is 0 Å². The fourth-order valence-corrected chi connectivity index (χ4v) is 1.38. The monoisotopic (exact) mass is 282 g/mol. The van der Waals surface area contributed by atoms with Crippen LogP contribution in [0.25, 0.3) is 0 Å². The number of rotatable bonds is 2. The second-order valence-electron chi connectivity index (χ2n) is 2.67. The van der Waals surface area contributed by atoms with Gasteiger partial charge in [-0.25, -0.2) is 0 Å². The van der Waals surface area contributed by atoms with Gasteiger partial charge in [-0.3, -0.25) is 4.79 Å². The first-order chi connectivity index (χ1) is 6.86. The molecule has 15 heavy (non-hydrogen) atoms. The molecular weight excluding hydrogens is 277 g/mol. The van der Waals surface area contributed by atoms with Gasteiger partial charge in [0.15, 0.2) is 0 Å². The SMILES string of the molecule is COc1ccc(Br)c(C(=O)C(F)(F)F)c1. The molecule has 0 saturated heterocycles. The lowest BCUT2D eigenvalue weighted by atomic mass is 10.1. The van der Waals surface area contributed by atoms with Crippen molar-refractivity contribution in [3.63, 3.8) is 0 Å². The minimum atomic E-state index is -4.88. The third-order valence-corrected chi connectivity index (χ3v) is 2.37.